The molecular formula is C17H26N2O4. The van der Waals surface area contributed by atoms with Crippen LogP contribution in [0.5, 0.6) is 11.5 Å². The van der Waals surface area contributed by atoms with E-state index in [-0.39, 0.29) is 5.91 Å². The average Bonchev–Trinajstić information content (AvgIpc) is 2.60. The number of hydrogen-bond acceptors (Lipinski definition) is 5. The Bertz CT molecular complexity index is 505. The lowest BCUT2D eigenvalue weighted by Crippen LogP contribution is -2.52. The molecule has 6 heteroatoms. The van der Waals surface area contributed by atoms with Crippen LogP contribution in [-0.2, 0) is 4.74 Å². The van der Waals surface area contributed by atoms with E-state index >= 15 is 0 Å². The highest BCUT2D eigenvalue weighted by Crippen LogP contribution is 2.24. The van der Waals surface area contributed by atoms with E-state index in [4.69, 9.17) is 14.2 Å². The van der Waals surface area contributed by atoms with Crippen molar-refractivity contribution in [1.29, 1.82) is 0 Å². The fourth-order valence-corrected chi connectivity index (χ4v) is 2.83. The van der Waals surface area contributed by atoms with Gasteiger partial charge in [-0.25, -0.2) is 0 Å². The number of carbonyl (C=O) groups is 1. The van der Waals surface area contributed by atoms with Crippen molar-refractivity contribution in [3.05, 3.63) is 23.8 Å². The van der Waals surface area contributed by atoms with Crippen molar-refractivity contribution in [1.82, 2.24) is 9.80 Å². The third-order valence-corrected chi connectivity index (χ3v) is 4.23. The van der Waals surface area contributed by atoms with Crippen LogP contribution in [0.4, 0.5) is 0 Å². The van der Waals surface area contributed by atoms with Crippen LogP contribution in [0.2, 0.25) is 0 Å². The second-order valence-electron chi connectivity index (χ2n) is 5.73. The van der Waals surface area contributed by atoms with Crippen molar-refractivity contribution >= 4 is 5.91 Å². The molecule has 1 aliphatic rings. The number of piperazine rings is 1. The van der Waals surface area contributed by atoms with Crippen molar-refractivity contribution in [3.63, 3.8) is 0 Å². The fourth-order valence-electron chi connectivity index (χ4n) is 2.83. The number of amides is 1. The van der Waals surface area contributed by atoms with E-state index in [0.717, 1.165) is 13.1 Å². The first kappa shape index (κ1) is 17.6. The summed E-state index contributed by atoms with van der Waals surface area (Å²) in [7, 11) is 4.88. The number of hydrogen-bond donors (Lipinski definition) is 0. The van der Waals surface area contributed by atoms with Gasteiger partial charge in [-0.15, -0.1) is 0 Å². The van der Waals surface area contributed by atoms with Gasteiger partial charge in [-0.2, -0.15) is 0 Å². The summed E-state index contributed by atoms with van der Waals surface area (Å²) in [6.07, 6.45) is 0. The van der Waals surface area contributed by atoms with E-state index in [0.29, 0.717) is 42.8 Å². The van der Waals surface area contributed by atoms with Crippen LogP contribution in [0.1, 0.15) is 17.3 Å². The first-order chi connectivity index (χ1) is 11.1. The smallest absolute Gasteiger partial charge is 0.254 e. The number of ether oxygens (including phenoxy) is 3. The van der Waals surface area contributed by atoms with Gasteiger partial charge >= 0.3 is 0 Å². The first-order valence-electron chi connectivity index (χ1n) is 7.84. The monoisotopic (exact) mass is 322 g/mol. The van der Waals surface area contributed by atoms with E-state index < -0.39 is 0 Å². The summed E-state index contributed by atoms with van der Waals surface area (Å²) >= 11 is 0. The number of nitrogens with zero attached hydrogens (tertiary/aromatic N) is 2. The van der Waals surface area contributed by atoms with Gasteiger partial charge in [-0.3, -0.25) is 9.69 Å². The number of benzene rings is 1. The van der Waals surface area contributed by atoms with Gasteiger partial charge in [0, 0.05) is 51.0 Å². The van der Waals surface area contributed by atoms with Crippen LogP contribution in [-0.4, -0.2) is 75.9 Å². The van der Waals surface area contributed by atoms with Crippen LogP contribution >= 0.6 is 0 Å². The molecule has 1 aromatic carbocycles. The predicted molar refractivity (Wildman–Crippen MR) is 88.4 cm³/mol. The summed E-state index contributed by atoms with van der Waals surface area (Å²) < 4.78 is 15.7. The zero-order chi connectivity index (χ0) is 16.8. The molecule has 1 unspecified atom stereocenters. The Morgan fingerprint density at radius 2 is 1.61 bits per heavy atom. The highest BCUT2D eigenvalue weighted by Gasteiger charge is 2.25. The van der Waals surface area contributed by atoms with Gasteiger partial charge in [-0.05, 0) is 19.1 Å². The molecule has 1 saturated heterocycles. The second kappa shape index (κ2) is 8.17. The fraction of sp³-hybridized carbons (Fsp3) is 0.588. The summed E-state index contributed by atoms with van der Waals surface area (Å²) in [5.41, 5.74) is 0.597. The average molecular weight is 322 g/mol. The minimum atomic E-state index is 0.0150. The Labute approximate surface area is 137 Å². The molecule has 0 radical (unpaired) electrons. The molecule has 2 rings (SSSR count). The third kappa shape index (κ3) is 4.36. The van der Waals surface area contributed by atoms with Crippen LogP contribution in [0.15, 0.2) is 18.2 Å². The van der Waals surface area contributed by atoms with Gasteiger partial charge in [0.15, 0.2) is 0 Å². The zero-order valence-corrected chi connectivity index (χ0v) is 14.4. The summed E-state index contributed by atoms with van der Waals surface area (Å²) in [4.78, 5) is 16.9. The van der Waals surface area contributed by atoms with Gasteiger partial charge < -0.3 is 19.1 Å². The lowest BCUT2D eigenvalue weighted by molar-refractivity contribution is 0.0448. The summed E-state index contributed by atoms with van der Waals surface area (Å²) in [6, 6.07) is 5.64. The Balaban J connectivity index is 2.02. The molecular weight excluding hydrogens is 296 g/mol. The maximum atomic E-state index is 12.7. The van der Waals surface area contributed by atoms with Gasteiger partial charge in [0.2, 0.25) is 0 Å². The first-order valence-corrected chi connectivity index (χ1v) is 7.84. The topological polar surface area (TPSA) is 51.2 Å². The van der Waals surface area contributed by atoms with Crippen molar-refractivity contribution in [3.8, 4) is 11.5 Å². The Morgan fingerprint density at radius 3 is 2.09 bits per heavy atom. The van der Waals surface area contributed by atoms with E-state index in [2.05, 4.69) is 11.8 Å². The quantitative estimate of drug-likeness (QED) is 0.794. The van der Waals surface area contributed by atoms with Gasteiger partial charge in [0.1, 0.15) is 11.5 Å². The molecule has 23 heavy (non-hydrogen) atoms. The number of rotatable bonds is 6. The minimum absolute atomic E-state index is 0.0150. The standard InChI is InChI=1S/C17H26N2O4/c1-13(12-21-2)18-5-7-19(8-6-18)17(20)14-9-15(22-3)11-16(10-14)23-4/h9-11,13H,5-8,12H2,1-4H3. The Kier molecular flexibility index (Phi) is 6.24. The molecule has 1 amide bonds. The highest BCUT2D eigenvalue weighted by atomic mass is 16.5. The van der Waals surface area contributed by atoms with E-state index in [1.807, 2.05) is 4.90 Å². The van der Waals surface area contributed by atoms with Crippen molar-refractivity contribution in [2.45, 2.75) is 13.0 Å². The maximum Gasteiger partial charge on any atom is 0.254 e. The highest BCUT2D eigenvalue weighted by molar-refractivity contribution is 5.95. The second-order valence-corrected chi connectivity index (χ2v) is 5.73. The molecule has 0 N–H and O–H groups in total. The molecule has 1 heterocycles. The molecule has 1 aliphatic heterocycles. The van der Waals surface area contributed by atoms with Gasteiger partial charge in [0.05, 0.1) is 20.8 Å². The molecule has 0 saturated carbocycles. The van der Waals surface area contributed by atoms with Crippen LogP contribution < -0.4 is 9.47 Å². The molecule has 1 fully saturated rings. The molecule has 0 spiro atoms. The van der Waals surface area contributed by atoms with Crippen LogP contribution in [0.25, 0.3) is 0 Å². The summed E-state index contributed by atoms with van der Waals surface area (Å²) in [5.74, 6) is 1.27. The zero-order valence-electron chi connectivity index (χ0n) is 14.4. The van der Waals surface area contributed by atoms with Crippen molar-refractivity contribution in [2.24, 2.45) is 0 Å². The Hall–Kier alpha value is -1.79. The van der Waals surface area contributed by atoms with Gasteiger partial charge in [-0.1, -0.05) is 0 Å². The van der Waals surface area contributed by atoms with Gasteiger partial charge in [0.25, 0.3) is 5.91 Å². The SMILES string of the molecule is COCC(C)N1CCN(C(=O)c2cc(OC)cc(OC)c2)CC1. The van der Waals surface area contributed by atoms with E-state index in [1.54, 1.807) is 39.5 Å². The Morgan fingerprint density at radius 1 is 1.04 bits per heavy atom. The summed E-state index contributed by atoms with van der Waals surface area (Å²) in [6.45, 7) is 6.00. The molecule has 1 atom stereocenters. The minimum Gasteiger partial charge on any atom is -0.497 e. The number of methoxy groups -OCH3 is 3. The molecule has 0 aliphatic carbocycles. The molecule has 0 bridgehead atoms. The van der Waals surface area contributed by atoms with E-state index in [1.165, 1.54) is 0 Å². The molecule has 1 aromatic rings. The molecule has 0 aromatic heterocycles. The van der Waals surface area contributed by atoms with Crippen LogP contribution in [0.3, 0.4) is 0 Å². The summed E-state index contributed by atoms with van der Waals surface area (Å²) in [5, 5.41) is 0. The third-order valence-electron chi connectivity index (χ3n) is 4.23. The van der Waals surface area contributed by atoms with Crippen molar-refractivity contribution < 1.29 is 19.0 Å². The number of carbonyl (C=O) groups excluding carboxylic acids is 1. The lowest BCUT2D eigenvalue weighted by Gasteiger charge is -2.37. The molecule has 6 nitrogen and oxygen atoms in total. The van der Waals surface area contributed by atoms with E-state index in [9.17, 15) is 4.79 Å². The normalized spacial score (nSPS) is 17.0. The lowest BCUT2D eigenvalue weighted by atomic mass is 10.1. The van der Waals surface area contributed by atoms with Crippen LogP contribution in [0, 0.1) is 0 Å². The maximum absolute atomic E-state index is 12.7. The molecule has 128 valence electrons. The predicted octanol–water partition coefficient (Wildman–Crippen LogP) is 1.50. The van der Waals surface area contributed by atoms with Crippen molar-refractivity contribution in [2.75, 3.05) is 54.1 Å². The largest absolute Gasteiger partial charge is 0.497 e.